The highest BCUT2D eigenvalue weighted by atomic mass is 35.5. The Kier molecular flexibility index (Phi) is 8.56. The first-order valence-electron chi connectivity index (χ1n) is 9.21. The highest BCUT2D eigenvalue weighted by Crippen LogP contribution is 2.23. The number of carbonyl (C=O) groups excluding carboxylic acids is 4. The third kappa shape index (κ3) is 6.96. The van der Waals surface area contributed by atoms with Crippen LogP contribution in [0.1, 0.15) is 33.6 Å². The van der Waals surface area contributed by atoms with Crippen molar-refractivity contribution in [2.45, 2.75) is 26.7 Å². The molecule has 0 aliphatic heterocycles. The number of thiophene rings is 1. The number of ketones is 1. The maximum Gasteiger partial charge on any atom is 0.306 e. The second-order valence-corrected chi connectivity index (χ2v) is 8.47. The number of aryl methyl sites for hydroxylation is 2. The van der Waals surface area contributed by atoms with Crippen molar-refractivity contribution in [1.29, 1.82) is 0 Å². The van der Waals surface area contributed by atoms with Crippen LogP contribution in [-0.4, -0.2) is 48.7 Å². The molecule has 1 N–H and O–H groups in total. The Balaban J connectivity index is 1.73. The first kappa shape index (κ1) is 23.6. The minimum absolute atomic E-state index is 0.0299. The predicted molar refractivity (Wildman–Crippen MR) is 116 cm³/mol. The van der Waals surface area contributed by atoms with Gasteiger partial charge in [-0.05, 0) is 37.1 Å². The maximum atomic E-state index is 12.2. The average Bonchev–Trinajstić information content (AvgIpc) is 3.13. The molecular formula is C21H23ClN2O5S. The number of hydrogen-bond donors (Lipinski definition) is 1. The topological polar surface area (TPSA) is 92.8 Å². The van der Waals surface area contributed by atoms with Crippen molar-refractivity contribution in [3.05, 3.63) is 50.7 Å². The first-order chi connectivity index (χ1) is 14.2. The molecule has 0 saturated carbocycles. The van der Waals surface area contributed by atoms with Gasteiger partial charge in [0.05, 0.1) is 22.2 Å². The summed E-state index contributed by atoms with van der Waals surface area (Å²) in [5.74, 6) is -1.74. The standard InChI is InChI=1S/C21H23ClN2O5S/c1-13-5-4-6-14(2)21(13)23-18(26)11-24(3)19(27)12-29-20(28)10-7-15(25)16-8-9-17(22)30-16/h4-6,8-9H,7,10-12H2,1-3H3,(H,23,26). The first-order valence-corrected chi connectivity index (χ1v) is 10.4. The van der Waals surface area contributed by atoms with E-state index in [0.29, 0.717) is 14.9 Å². The summed E-state index contributed by atoms with van der Waals surface area (Å²) in [6.45, 7) is 3.09. The van der Waals surface area contributed by atoms with Gasteiger partial charge in [-0.25, -0.2) is 0 Å². The molecule has 0 unspecified atom stereocenters. The molecule has 0 radical (unpaired) electrons. The Morgan fingerprint density at radius 1 is 1.07 bits per heavy atom. The molecule has 30 heavy (non-hydrogen) atoms. The van der Waals surface area contributed by atoms with E-state index in [9.17, 15) is 19.2 Å². The molecule has 160 valence electrons. The van der Waals surface area contributed by atoms with E-state index in [-0.39, 0.29) is 31.1 Å². The van der Waals surface area contributed by atoms with E-state index in [1.807, 2.05) is 32.0 Å². The van der Waals surface area contributed by atoms with Crippen LogP contribution in [0.4, 0.5) is 5.69 Å². The molecule has 1 aromatic carbocycles. The quantitative estimate of drug-likeness (QED) is 0.465. The number of amides is 2. The van der Waals surface area contributed by atoms with Gasteiger partial charge in [0.1, 0.15) is 0 Å². The van der Waals surface area contributed by atoms with Gasteiger partial charge >= 0.3 is 5.97 Å². The number of likely N-dealkylation sites (N-methyl/N-ethyl adjacent to an activating group) is 1. The van der Waals surface area contributed by atoms with Gasteiger partial charge in [-0.2, -0.15) is 0 Å². The molecule has 9 heteroatoms. The Morgan fingerprint density at radius 3 is 2.33 bits per heavy atom. The van der Waals surface area contributed by atoms with Crippen molar-refractivity contribution in [3.8, 4) is 0 Å². The SMILES string of the molecule is Cc1cccc(C)c1NC(=O)CN(C)C(=O)COC(=O)CCC(=O)c1ccc(Cl)s1. The van der Waals surface area contributed by atoms with Crippen LogP contribution in [0, 0.1) is 13.8 Å². The van der Waals surface area contributed by atoms with Crippen molar-refractivity contribution in [1.82, 2.24) is 4.90 Å². The summed E-state index contributed by atoms with van der Waals surface area (Å²) in [6.07, 6.45) is -0.170. The fraction of sp³-hybridized carbons (Fsp3) is 0.333. The van der Waals surface area contributed by atoms with Crippen molar-refractivity contribution in [3.63, 3.8) is 0 Å². The molecule has 7 nitrogen and oxygen atoms in total. The van der Waals surface area contributed by atoms with Crippen LogP contribution >= 0.6 is 22.9 Å². The smallest absolute Gasteiger partial charge is 0.306 e. The third-order valence-corrected chi connectivity index (χ3v) is 5.59. The fourth-order valence-electron chi connectivity index (χ4n) is 2.62. The van der Waals surface area contributed by atoms with Gasteiger partial charge in [-0.1, -0.05) is 29.8 Å². The van der Waals surface area contributed by atoms with Gasteiger partial charge in [-0.3, -0.25) is 19.2 Å². The van der Waals surface area contributed by atoms with Crippen LogP contribution < -0.4 is 5.32 Å². The number of hydrogen-bond acceptors (Lipinski definition) is 6. The van der Waals surface area contributed by atoms with Crippen molar-refractivity contribution >= 4 is 52.2 Å². The molecule has 2 aromatic rings. The summed E-state index contributed by atoms with van der Waals surface area (Å²) in [5.41, 5.74) is 2.56. The lowest BCUT2D eigenvalue weighted by molar-refractivity contribution is -0.151. The minimum Gasteiger partial charge on any atom is -0.456 e. The van der Waals surface area contributed by atoms with Crippen LogP contribution in [0.5, 0.6) is 0 Å². The Hall–Kier alpha value is -2.71. The fourth-order valence-corrected chi connectivity index (χ4v) is 3.63. The highest BCUT2D eigenvalue weighted by molar-refractivity contribution is 7.18. The summed E-state index contributed by atoms with van der Waals surface area (Å²) in [7, 11) is 1.45. The van der Waals surface area contributed by atoms with E-state index < -0.39 is 18.5 Å². The molecule has 1 heterocycles. The normalized spacial score (nSPS) is 10.4. The number of Topliss-reactive ketones (excluding diaryl/α,β-unsaturated/α-hetero) is 1. The van der Waals surface area contributed by atoms with Crippen LogP contribution in [0.3, 0.4) is 0 Å². The summed E-state index contributed by atoms with van der Waals surface area (Å²) < 4.78 is 5.41. The molecule has 2 amide bonds. The number of halogens is 1. The third-order valence-electron chi connectivity index (χ3n) is 4.31. The van der Waals surface area contributed by atoms with E-state index in [1.54, 1.807) is 12.1 Å². The largest absolute Gasteiger partial charge is 0.456 e. The lowest BCUT2D eigenvalue weighted by Gasteiger charge is -2.18. The van der Waals surface area contributed by atoms with Crippen LogP contribution in [-0.2, 0) is 19.1 Å². The summed E-state index contributed by atoms with van der Waals surface area (Å²) >= 11 is 6.92. The number of benzene rings is 1. The highest BCUT2D eigenvalue weighted by Gasteiger charge is 2.17. The van der Waals surface area contributed by atoms with Gasteiger partial charge in [0, 0.05) is 19.2 Å². The van der Waals surface area contributed by atoms with E-state index in [2.05, 4.69) is 5.32 Å². The van der Waals surface area contributed by atoms with E-state index >= 15 is 0 Å². The van der Waals surface area contributed by atoms with E-state index in [0.717, 1.165) is 22.5 Å². The molecule has 2 rings (SSSR count). The summed E-state index contributed by atoms with van der Waals surface area (Å²) in [5, 5.41) is 2.79. The van der Waals surface area contributed by atoms with Gasteiger partial charge in [0.15, 0.2) is 12.4 Å². The lowest BCUT2D eigenvalue weighted by atomic mass is 10.1. The number of nitrogens with one attached hydrogen (secondary N) is 1. The number of esters is 1. The van der Waals surface area contributed by atoms with Crippen LogP contribution in [0.25, 0.3) is 0 Å². The van der Waals surface area contributed by atoms with Crippen LogP contribution in [0.15, 0.2) is 30.3 Å². The van der Waals surface area contributed by atoms with Gasteiger partial charge in [0.25, 0.3) is 5.91 Å². The number of nitrogens with zero attached hydrogens (tertiary/aromatic N) is 1. The van der Waals surface area contributed by atoms with Crippen molar-refractivity contribution in [2.24, 2.45) is 0 Å². The summed E-state index contributed by atoms with van der Waals surface area (Å²) in [6, 6.07) is 8.88. The zero-order valence-electron chi connectivity index (χ0n) is 17.0. The maximum absolute atomic E-state index is 12.2. The Bertz CT molecular complexity index is 936. The number of para-hydroxylation sites is 1. The number of carbonyl (C=O) groups is 4. The van der Waals surface area contributed by atoms with Gasteiger partial charge < -0.3 is 15.0 Å². The second kappa shape index (κ2) is 10.9. The molecule has 0 aliphatic carbocycles. The number of rotatable bonds is 9. The second-order valence-electron chi connectivity index (χ2n) is 6.75. The zero-order chi connectivity index (χ0) is 22.3. The zero-order valence-corrected chi connectivity index (χ0v) is 18.6. The van der Waals surface area contributed by atoms with Crippen molar-refractivity contribution < 1.29 is 23.9 Å². The molecule has 1 aromatic heterocycles. The van der Waals surface area contributed by atoms with Crippen LogP contribution in [0.2, 0.25) is 4.34 Å². The molecule has 0 bridgehead atoms. The molecule has 0 aliphatic rings. The summed E-state index contributed by atoms with van der Waals surface area (Å²) in [4.78, 5) is 49.7. The van der Waals surface area contributed by atoms with Gasteiger partial charge in [-0.15, -0.1) is 11.3 Å². The monoisotopic (exact) mass is 450 g/mol. The molecule has 0 fully saturated rings. The van der Waals surface area contributed by atoms with E-state index in [4.69, 9.17) is 16.3 Å². The lowest BCUT2D eigenvalue weighted by Crippen LogP contribution is -2.37. The Morgan fingerprint density at radius 2 is 1.73 bits per heavy atom. The number of anilines is 1. The molecule has 0 spiro atoms. The van der Waals surface area contributed by atoms with Gasteiger partial charge in [0.2, 0.25) is 5.91 Å². The van der Waals surface area contributed by atoms with Crippen molar-refractivity contribution in [2.75, 3.05) is 25.5 Å². The number of ether oxygens (including phenoxy) is 1. The minimum atomic E-state index is -0.660. The molecule has 0 saturated heterocycles. The molecule has 0 atom stereocenters. The molecular weight excluding hydrogens is 428 g/mol. The van der Waals surface area contributed by atoms with E-state index in [1.165, 1.54) is 11.9 Å². The average molecular weight is 451 g/mol. The Labute approximate surface area is 184 Å². The predicted octanol–water partition coefficient (Wildman–Crippen LogP) is 3.62.